The zero-order valence-corrected chi connectivity index (χ0v) is 11.4. The Labute approximate surface area is 123 Å². The number of amidine groups is 1. The third kappa shape index (κ3) is 2.44. The first-order valence-corrected chi connectivity index (χ1v) is 5.97. The predicted molar refractivity (Wildman–Crippen MR) is 81.9 cm³/mol. The zero-order chi connectivity index (χ0) is 13.2. The van der Waals surface area contributed by atoms with Gasteiger partial charge in [-0.3, -0.25) is 0 Å². The number of benzene rings is 2. The average Bonchev–Trinajstić information content (AvgIpc) is 2.47. The molecule has 0 spiro atoms. The second-order valence-corrected chi connectivity index (χ2v) is 4.34. The molecular weight excluding hydrogens is 272 g/mol. The van der Waals surface area contributed by atoms with Crippen LogP contribution in [0.1, 0.15) is 22.9 Å². The molecule has 3 rings (SSSR count). The maximum atomic E-state index is 8.80. The summed E-state index contributed by atoms with van der Waals surface area (Å²) in [5.74, 6) is 0.531. The SMILES string of the molecule is Cl.N#Cc1ccc(C2N=C(N)c3ccccc3N2)cc1. The number of anilines is 1. The van der Waals surface area contributed by atoms with Crippen LogP contribution in [-0.4, -0.2) is 5.84 Å². The molecule has 1 unspecified atom stereocenters. The standard InChI is InChI=1S/C15H12N4.ClH/c16-9-10-5-7-11(8-6-10)15-18-13-4-2-1-3-12(13)14(17)19-15;/h1-8,15,18H,(H2,17,19);1H. The van der Waals surface area contributed by atoms with E-state index in [1.165, 1.54) is 0 Å². The Kier molecular flexibility index (Phi) is 3.92. The lowest BCUT2D eigenvalue weighted by Crippen LogP contribution is -2.25. The van der Waals surface area contributed by atoms with Gasteiger partial charge in [-0.15, -0.1) is 12.4 Å². The Morgan fingerprint density at radius 2 is 1.80 bits per heavy atom. The minimum Gasteiger partial charge on any atom is -0.383 e. The van der Waals surface area contributed by atoms with Gasteiger partial charge in [0.2, 0.25) is 0 Å². The maximum Gasteiger partial charge on any atom is 0.147 e. The molecule has 100 valence electrons. The van der Waals surface area contributed by atoms with Gasteiger partial charge in [-0.05, 0) is 29.8 Å². The lowest BCUT2D eigenvalue weighted by Gasteiger charge is -2.24. The number of nitrogens with one attached hydrogen (secondary N) is 1. The number of fused-ring (bicyclic) bond motifs is 1. The summed E-state index contributed by atoms with van der Waals surface area (Å²) in [4.78, 5) is 4.45. The molecule has 5 heteroatoms. The fourth-order valence-corrected chi connectivity index (χ4v) is 2.12. The van der Waals surface area contributed by atoms with Crippen LogP contribution in [-0.2, 0) is 0 Å². The number of para-hydroxylation sites is 1. The first kappa shape index (κ1) is 13.9. The van der Waals surface area contributed by atoms with Crippen LogP contribution in [0.4, 0.5) is 5.69 Å². The fourth-order valence-electron chi connectivity index (χ4n) is 2.12. The Bertz CT molecular complexity index is 686. The summed E-state index contributed by atoms with van der Waals surface area (Å²) in [6, 6.07) is 17.3. The van der Waals surface area contributed by atoms with E-state index in [0.29, 0.717) is 11.4 Å². The predicted octanol–water partition coefficient (Wildman–Crippen LogP) is 2.81. The Morgan fingerprint density at radius 1 is 1.10 bits per heavy atom. The molecule has 0 aliphatic carbocycles. The molecule has 0 bridgehead atoms. The summed E-state index contributed by atoms with van der Waals surface area (Å²) in [6.45, 7) is 0. The normalized spacial score (nSPS) is 15.9. The van der Waals surface area contributed by atoms with Crippen LogP contribution in [0.3, 0.4) is 0 Å². The highest BCUT2D eigenvalue weighted by Gasteiger charge is 2.19. The Hall–Kier alpha value is -2.51. The van der Waals surface area contributed by atoms with Crippen LogP contribution in [0.5, 0.6) is 0 Å². The molecule has 1 aliphatic rings. The van der Waals surface area contributed by atoms with Gasteiger partial charge < -0.3 is 11.1 Å². The minimum absolute atomic E-state index is 0. The van der Waals surface area contributed by atoms with Crippen LogP contribution in [0, 0.1) is 11.3 Å². The Balaban J connectivity index is 0.00000147. The van der Waals surface area contributed by atoms with Crippen molar-refractivity contribution >= 4 is 23.9 Å². The van der Waals surface area contributed by atoms with Crippen LogP contribution in [0.2, 0.25) is 0 Å². The molecule has 1 heterocycles. The van der Waals surface area contributed by atoms with E-state index in [4.69, 9.17) is 11.0 Å². The zero-order valence-electron chi connectivity index (χ0n) is 10.6. The molecule has 2 aromatic rings. The number of nitriles is 1. The van der Waals surface area contributed by atoms with Gasteiger partial charge in [-0.1, -0.05) is 24.3 Å². The Morgan fingerprint density at radius 3 is 2.50 bits per heavy atom. The van der Waals surface area contributed by atoms with Gasteiger partial charge >= 0.3 is 0 Å². The van der Waals surface area contributed by atoms with Crippen LogP contribution < -0.4 is 11.1 Å². The van der Waals surface area contributed by atoms with E-state index >= 15 is 0 Å². The summed E-state index contributed by atoms with van der Waals surface area (Å²) in [5.41, 5.74) is 9.51. The number of nitrogens with zero attached hydrogens (tertiary/aromatic N) is 2. The van der Waals surface area contributed by atoms with Crippen molar-refractivity contribution in [1.29, 1.82) is 5.26 Å². The van der Waals surface area contributed by atoms with Crippen molar-refractivity contribution in [3.05, 3.63) is 65.2 Å². The number of nitrogens with two attached hydrogens (primary N) is 1. The van der Waals surface area contributed by atoms with E-state index in [9.17, 15) is 0 Å². The average molecular weight is 285 g/mol. The second-order valence-electron chi connectivity index (χ2n) is 4.34. The molecule has 0 radical (unpaired) electrons. The van der Waals surface area contributed by atoms with Crippen molar-refractivity contribution in [3.63, 3.8) is 0 Å². The van der Waals surface area contributed by atoms with Gasteiger partial charge in [0.05, 0.1) is 11.6 Å². The molecule has 0 aromatic heterocycles. The summed E-state index contributed by atoms with van der Waals surface area (Å²) >= 11 is 0. The van der Waals surface area contributed by atoms with E-state index in [2.05, 4.69) is 16.4 Å². The molecule has 0 saturated carbocycles. The van der Waals surface area contributed by atoms with Crippen LogP contribution >= 0.6 is 12.4 Å². The van der Waals surface area contributed by atoms with Crippen molar-refractivity contribution in [2.75, 3.05) is 5.32 Å². The molecule has 0 amide bonds. The molecule has 1 aliphatic heterocycles. The van der Waals surface area contributed by atoms with Crippen molar-refractivity contribution < 1.29 is 0 Å². The van der Waals surface area contributed by atoms with Gasteiger partial charge in [0.1, 0.15) is 12.0 Å². The number of aliphatic imine (C=N–C) groups is 1. The van der Waals surface area contributed by atoms with Crippen molar-refractivity contribution in [1.82, 2.24) is 0 Å². The highest BCUT2D eigenvalue weighted by atomic mass is 35.5. The third-order valence-corrected chi connectivity index (χ3v) is 3.12. The van der Waals surface area contributed by atoms with Gasteiger partial charge in [0.15, 0.2) is 0 Å². The minimum atomic E-state index is -0.206. The topological polar surface area (TPSA) is 74.2 Å². The highest BCUT2D eigenvalue weighted by Crippen LogP contribution is 2.28. The number of hydrogen-bond acceptors (Lipinski definition) is 4. The number of hydrogen-bond donors (Lipinski definition) is 2. The summed E-state index contributed by atoms with van der Waals surface area (Å²) < 4.78 is 0. The quantitative estimate of drug-likeness (QED) is 0.845. The first-order valence-electron chi connectivity index (χ1n) is 5.97. The summed E-state index contributed by atoms with van der Waals surface area (Å²) in [5, 5.41) is 12.1. The van der Waals surface area contributed by atoms with E-state index in [0.717, 1.165) is 16.8 Å². The number of rotatable bonds is 1. The molecule has 0 fully saturated rings. The second kappa shape index (κ2) is 5.64. The lowest BCUT2D eigenvalue weighted by molar-refractivity contribution is 0.825. The summed E-state index contributed by atoms with van der Waals surface area (Å²) in [6.07, 6.45) is -0.206. The highest BCUT2D eigenvalue weighted by molar-refractivity contribution is 6.03. The van der Waals surface area contributed by atoms with Gasteiger partial charge in [-0.2, -0.15) is 5.26 Å². The monoisotopic (exact) mass is 284 g/mol. The van der Waals surface area contributed by atoms with Crippen molar-refractivity contribution in [2.45, 2.75) is 6.17 Å². The van der Waals surface area contributed by atoms with Crippen LogP contribution in [0.15, 0.2) is 53.5 Å². The molecule has 2 aromatic carbocycles. The fraction of sp³-hybridized carbons (Fsp3) is 0.0667. The first-order chi connectivity index (χ1) is 9.28. The lowest BCUT2D eigenvalue weighted by atomic mass is 10.1. The molecule has 4 nitrogen and oxygen atoms in total. The maximum absolute atomic E-state index is 8.80. The van der Waals surface area contributed by atoms with E-state index in [-0.39, 0.29) is 18.6 Å². The van der Waals surface area contributed by atoms with Gasteiger partial charge in [0, 0.05) is 11.3 Å². The van der Waals surface area contributed by atoms with Crippen molar-refractivity contribution in [3.8, 4) is 6.07 Å². The molecular formula is C15H13ClN4. The van der Waals surface area contributed by atoms with Gasteiger partial charge in [-0.25, -0.2) is 4.99 Å². The van der Waals surface area contributed by atoms with E-state index in [1.807, 2.05) is 36.4 Å². The smallest absolute Gasteiger partial charge is 0.147 e. The molecule has 20 heavy (non-hydrogen) atoms. The van der Waals surface area contributed by atoms with Gasteiger partial charge in [0.25, 0.3) is 0 Å². The van der Waals surface area contributed by atoms with E-state index in [1.54, 1.807) is 12.1 Å². The number of halogens is 1. The van der Waals surface area contributed by atoms with Crippen molar-refractivity contribution in [2.24, 2.45) is 10.7 Å². The van der Waals surface area contributed by atoms with Crippen LogP contribution in [0.25, 0.3) is 0 Å². The van der Waals surface area contributed by atoms with E-state index < -0.39 is 0 Å². The summed E-state index contributed by atoms with van der Waals surface area (Å²) in [7, 11) is 0. The third-order valence-electron chi connectivity index (χ3n) is 3.12. The molecule has 0 saturated heterocycles. The largest absolute Gasteiger partial charge is 0.383 e. The molecule has 1 atom stereocenters. The molecule has 3 N–H and O–H groups in total.